The van der Waals surface area contributed by atoms with Crippen molar-refractivity contribution in [3.05, 3.63) is 6.33 Å². The molecule has 6 nitrogen and oxygen atoms in total. The van der Waals surface area contributed by atoms with Crippen molar-refractivity contribution < 1.29 is 4.74 Å². The number of hydrogen-bond donors (Lipinski definition) is 3. The van der Waals surface area contributed by atoms with E-state index in [-0.39, 0.29) is 6.04 Å². The highest BCUT2D eigenvalue weighted by Gasteiger charge is 2.09. The van der Waals surface area contributed by atoms with Crippen LogP contribution in [0.4, 0.5) is 17.3 Å². The first-order chi connectivity index (χ1) is 8.69. The lowest BCUT2D eigenvalue weighted by molar-refractivity contribution is 0.190. The van der Waals surface area contributed by atoms with Crippen LogP contribution in [-0.2, 0) is 4.74 Å². The molecule has 1 rings (SSSR count). The number of nitrogens with zero attached hydrogens (tertiary/aromatic N) is 2. The molecule has 0 spiro atoms. The molecule has 1 heterocycles. The Balaban J connectivity index is 2.65. The quantitative estimate of drug-likeness (QED) is 0.612. The third-order valence-electron chi connectivity index (χ3n) is 2.51. The maximum absolute atomic E-state index is 6.02. The number of methoxy groups -OCH3 is 1. The van der Waals surface area contributed by atoms with Crippen molar-refractivity contribution in [2.75, 3.05) is 36.6 Å². The van der Waals surface area contributed by atoms with Crippen LogP contribution in [0.2, 0.25) is 0 Å². The van der Waals surface area contributed by atoms with Crippen molar-refractivity contribution >= 4 is 17.3 Å². The van der Waals surface area contributed by atoms with Gasteiger partial charge in [0.15, 0.2) is 11.6 Å². The third-order valence-corrected chi connectivity index (χ3v) is 2.51. The van der Waals surface area contributed by atoms with Crippen LogP contribution >= 0.6 is 0 Å². The first kappa shape index (κ1) is 14.5. The van der Waals surface area contributed by atoms with Gasteiger partial charge in [-0.05, 0) is 13.3 Å². The molecule has 1 aromatic rings. The minimum atomic E-state index is 0.149. The second kappa shape index (κ2) is 7.71. The monoisotopic (exact) mass is 253 g/mol. The van der Waals surface area contributed by atoms with E-state index in [0.29, 0.717) is 23.9 Å². The van der Waals surface area contributed by atoms with Crippen LogP contribution in [0.25, 0.3) is 0 Å². The van der Waals surface area contributed by atoms with Crippen LogP contribution in [0.3, 0.4) is 0 Å². The van der Waals surface area contributed by atoms with Crippen molar-refractivity contribution in [2.24, 2.45) is 0 Å². The zero-order valence-corrected chi connectivity index (χ0v) is 11.4. The fourth-order valence-corrected chi connectivity index (χ4v) is 1.56. The maximum atomic E-state index is 6.02. The predicted octanol–water partition coefficient (Wildman–Crippen LogP) is 1.72. The number of anilines is 3. The van der Waals surface area contributed by atoms with Crippen molar-refractivity contribution in [2.45, 2.75) is 32.7 Å². The lowest BCUT2D eigenvalue weighted by atomic mass is 10.3. The summed E-state index contributed by atoms with van der Waals surface area (Å²) in [7, 11) is 1.67. The molecule has 102 valence electrons. The van der Waals surface area contributed by atoms with Gasteiger partial charge in [0.2, 0.25) is 0 Å². The Bertz CT molecular complexity index is 358. The minimum absolute atomic E-state index is 0.149. The summed E-state index contributed by atoms with van der Waals surface area (Å²) in [6, 6.07) is 0.149. The molecule has 0 amide bonds. The Kier molecular flexibility index (Phi) is 6.21. The Morgan fingerprint density at radius 1 is 1.39 bits per heavy atom. The third kappa shape index (κ3) is 4.37. The van der Waals surface area contributed by atoms with Gasteiger partial charge in [-0.1, -0.05) is 13.3 Å². The number of aromatic nitrogens is 2. The number of hydrogen-bond acceptors (Lipinski definition) is 6. The van der Waals surface area contributed by atoms with Gasteiger partial charge in [-0.3, -0.25) is 0 Å². The Morgan fingerprint density at radius 2 is 2.11 bits per heavy atom. The summed E-state index contributed by atoms with van der Waals surface area (Å²) in [5, 5.41) is 6.41. The number of rotatable bonds is 8. The minimum Gasteiger partial charge on any atom is -0.393 e. The molecule has 4 N–H and O–H groups in total. The summed E-state index contributed by atoms with van der Waals surface area (Å²) < 4.78 is 5.06. The standard InChI is InChI=1S/C12H23N5O/c1-4-5-6-14-11-10(13)12(16-8-15-11)17-9(2)7-18-3/h8-9H,4-7,13H2,1-3H3,(H2,14,15,16,17). The molecule has 0 aromatic carbocycles. The molecule has 1 aromatic heterocycles. The van der Waals surface area contributed by atoms with Gasteiger partial charge in [-0.15, -0.1) is 0 Å². The molecule has 0 radical (unpaired) electrons. The number of ether oxygens (including phenoxy) is 1. The van der Waals surface area contributed by atoms with Crippen molar-refractivity contribution in [3.8, 4) is 0 Å². The summed E-state index contributed by atoms with van der Waals surface area (Å²) in [6.45, 7) is 5.62. The average Bonchev–Trinajstić information content (AvgIpc) is 2.34. The SMILES string of the molecule is CCCCNc1ncnc(NC(C)COC)c1N. The average molecular weight is 253 g/mol. The maximum Gasteiger partial charge on any atom is 0.155 e. The highest BCUT2D eigenvalue weighted by molar-refractivity contribution is 5.74. The fourth-order valence-electron chi connectivity index (χ4n) is 1.56. The lowest BCUT2D eigenvalue weighted by Gasteiger charge is -2.16. The largest absolute Gasteiger partial charge is 0.393 e. The Hall–Kier alpha value is -1.56. The van der Waals surface area contributed by atoms with Crippen LogP contribution < -0.4 is 16.4 Å². The number of unbranched alkanes of at least 4 members (excludes halogenated alkanes) is 1. The first-order valence-corrected chi connectivity index (χ1v) is 6.28. The smallest absolute Gasteiger partial charge is 0.155 e. The molecule has 0 fully saturated rings. The van der Waals surface area contributed by atoms with E-state index < -0.39 is 0 Å². The van der Waals surface area contributed by atoms with E-state index in [1.54, 1.807) is 7.11 Å². The molecule has 0 saturated carbocycles. The molecule has 18 heavy (non-hydrogen) atoms. The predicted molar refractivity (Wildman–Crippen MR) is 74.8 cm³/mol. The van der Waals surface area contributed by atoms with Gasteiger partial charge in [-0.2, -0.15) is 0 Å². The molecule has 0 aliphatic heterocycles. The van der Waals surface area contributed by atoms with Gasteiger partial charge in [-0.25, -0.2) is 9.97 Å². The van der Waals surface area contributed by atoms with Gasteiger partial charge >= 0.3 is 0 Å². The molecule has 0 saturated heterocycles. The summed E-state index contributed by atoms with van der Waals surface area (Å²) in [5.74, 6) is 1.33. The number of nitrogens with one attached hydrogen (secondary N) is 2. The van der Waals surface area contributed by atoms with Gasteiger partial charge in [0.1, 0.15) is 12.0 Å². The van der Waals surface area contributed by atoms with Gasteiger partial charge in [0, 0.05) is 19.7 Å². The molecule has 1 unspecified atom stereocenters. The second-order valence-corrected chi connectivity index (χ2v) is 4.27. The van der Waals surface area contributed by atoms with E-state index in [1.807, 2.05) is 6.92 Å². The van der Waals surface area contributed by atoms with Crippen LogP contribution in [-0.4, -0.2) is 36.3 Å². The number of nitrogens with two attached hydrogens (primary N) is 1. The topological polar surface area (TPSA) is 85.1 Å². The van der Waals surface area contributed by atoms with Crippen molar-refractivity contribution in [1.29, 1.82) is 0 Å². The summed E-state index contributed by atoms with van der Waals surface area (Å²) in [5.41, 5.74) is 6.57. The van der Waals surface area contributed by atoms with Gasteiger partial charge in [0.05, 0.1) is 6.61 Å². The number of nitrogen functional groups attached to an aromatic ring is 1. The summed E-state index contributed by atoms with van der Waals surface area (Å²) in [4.78, 5) is 8.29. The molecule has 6 heteroatoms. The molecular formula is C12H23N5O. The summed E-state index contributed by atoms with van der Waals surface area (Å²) >= 11 is 0. The Morgan fingerprint density at radius 3 is 2.78 bits per heavy atom. The molecular weight excluding hydrogens is 230 g/mol. The highest BCUT2D eigenvalue weighted by Crippen LogP contribution is 2.22. The van der Waals surface area contributed by atoms with Crippen LogP contribution in [0.1, 0.15) is 26.7 Å². The molecule has 0 aliphatic rings. The highest BCUT2D eigenvalue weighted by atomic mass is 16.5. The second-order valence-electron chi connectivity index (χ2n) is 4.27. The van der Waals surface area contributed by atoms with E-state index in [9.17, 15) is 0 Å². The van der Waals surface area contributed by atoms with Crippen LogP contribution in [0.15, 0.2) is 6.33 Å². The van der Waals surface area contributed by atoms with E-state index >= 15 is 0 Å². The lowest BCUT2D eigenvalue weighted by Crippen LogP contribution is -2.22. The normalized spacial score (nSPS) is 12.2. The molecule has 0 bridgehead atoms. The summed E-state index contributed by atoms with van der Waals surface area (Å²) in [6.07, 6.45) is 3.73. The first-order valence-electron chi connectivity index (χ1n) is 6.28. The molecule has 1 atom stereocenters. The fraction of sp³-hybridized carbons (Fsp3) is 0.667. The molecule has 0 aliphatic carbocycles. The Labute approximate surface area is 108 Å². The van der Waals surface area contributed by atoms with Crippen molar-refractivity contribution in [1.82, 2.24) is 9.97 Å². The van der Waals surface area contributed by atoms with Crippen molar-refractivity contribution in [3.63, 3.8) is 0 Å². The van der Waals surface area contributed by atoms with Gasteiger partial charge in [0.25, 0.3) is 0 Å². The zero-order valence-electron chi connectivity index (χ0n) is 11.4. The van der Waals surface area contributed by atoms with E-state index in [4.69, 9.17) is 10.5 Å². The van der Waals surface area contributed by atoms with E-state index in [2.05, 4.69) is 27.5 Å². The van der Waals surface area contributed by atoms with E-state index in [1.165, 1.54) is 6.33 Å². The van der Waals surface area contributed by atoms with Crippen LogP contribution in [0.5, 0.6) is 0 Å². The van der Waals surface area contributed by atoms with Gasteiger partial charge < -0.3 is 21.1 Å². The van der Waals surface area contributed by atoms with E-state index in [0.717, 1.165) is 19.4 Å². The zero-order chi connectivity index (χ0) is 13.4. The van der Waals surface area contributed by atoms with Crippen LogP contribution in [0, 0.1) is 0 Å².